The van der Waals surface area contributed by atoms with Crippen LogP contribution in [0.3, 0.4) is 0 Å². The number of carboxylic acids is 2. The van der Waals surface area contributed by atoms with Gasteiger partial charge >= 0.3 is 11.9 Å². The molecule has 1 fully saturated rings. The number of aliphatic carboxylic acids is 2. The summed E-state index contributed by atoms with van der Waals surface area (Å²) in [6.45, 7) is 0.233. The predicted octanol–water partition coefficient (Wildman–Crippen LogP) is -0.181. The van der Waals surface area contributed by atoms with E-state index >= 15 is 0 Å². The molecule has 13 nitrogen and oxygen atoms in total. The SMILES string of the molecule is CO/N=C(\C(=O)N[C@@H]1C(=O)N2C(C(=O)O)=C(C[n+]3ccc(CCC(=O)O)cc3)CS[C@H]12)c1csc(N)n1. The average Bonchev–Trinajstić information content (AvgIpc) is 3.30. The number of nitrogens with zero attached hydrogens (tertiary/aromatic N) is 4. The Labute approximate surface area is 218 Å². The number of β-lactam (4-membered cyclic amide) rings is 1. The first-order chi connectivity index (χ1) is 17.7. The second-order valence-corrected chi connectivity index (χ2v) is 10.1. The fourth-order valence-corrected chi connectivity index (χ4v) is 5.82. The quantitative estimate of drug-likeness (QED) is 0.134. The van der Waals surface area contributed by atoms with E-state index < -0.39 is 35.2 Å². The normalized spacial score (nSPS) is 19.2. The Morgan fingerprint density at radius 2 is 2.05 bits per heavy atom. The van der Waals surface area contributed by atoms with E-state index in [0.29, 0.717) is 17.7 Å². The first-order valence-corrected chi connectivity index (χ1v) is 12.9. The van der Waals surface area contributed by atoms with E-state index in [9.17, 15) is 24.3 Å². The van der Waals surface area contributed by atoms with Crippen LogP contribution in [0, 0.1) is 0 Å². The van der Waals surface area contributed by atoms with Gasteiger partial charge in [-0.15, -0.1) is 23.1 Å². The van der Waals surface area contributed by atoms with E-state index in [2.05, 4.69) is 15.5 Å². The molecule has 15 heteroatoms. The van der Waals surface area contributed by atoms with Gasteiger partial charge in [0, 0.05) is 35.3 Å². The van der Waals surface area contributed by atoms with Crippen molar-refractivity contribution in [3.8, 4) is 0 Å². The van der Waals surface area contributed by atoms with Crippen molar-refractivity contribution in [1.29, 1.82) is 0 Å². The number of amides is 2. The number of thioether (sulfide) groups is 1. The highest BCUT2D eigenvalue weighted by Gasteiger charge is 2.54. The third kappa shape index (κ3) is 5.56. The summed E-state index contributed by atoms with van der Waals surface area (Å²) in [4.78, 5) is 58.7. The lowest BCUT2D eigenvalue weighted by atomic mass is 10.0. The second kappa shape index (κ2) is 11.0. The van der Waals surface area contributed by atoms with Crippen molar-refractivity contribution in [2.45, 2.75) is 30.8 Å². The molecular formula is C22H23N6O7S2+. The number of hydrogen-bond donors (Lipinski definition) is 4. The lowest BCUT2D eigenvalue weighted by Crippen LogP contribution is -2.71. The summed E-state index contributed by atoms with van der Waals surface area (Å²) in [7, 11) is 1.27. The molecule has 0 spiro atoms. The summed E-state index contributed by atoms with van der Waals surface area (Å²) in [5, 5.41) is 26.2. The topological polar surface area (TPSA) is 188 Å². The van der Waals surface area contributed by atoms with Crippen molar-refractivity contribution in [3.63, 3.8) is 0 Å². The summed E-state index contributed by atoms with van der Waals surface area (Å²) in [6.07, 6.45) is 3.88. The van der Waals surface area contributed by atoms with Gasteiger partial charge in [0.1, 0.15) is 29.9 Å². The number of nitrogen functional groups attached to an aromatic ring is 1. The zero-order valence-electron chi connectivity index (χ0n) is 19.5. The molecule has 0 aliphatic carbocycles. The van der Waals surface area contributed by atoms with Gasteiger partial charge in [-0.1, -0.05) is 5.16 Å². The zero-order valence-corrected chi connectivity index (χ0v) is 21.1. The van der Waals surface area contributed by atoms with Crippen molar-refractivity contribution in [2.75, 3.05) is 18.6 Å². The van der Waals surface area contributed by atoms with Crippen LogP contribution in [0.4, 0.5) is 5.13 Å². The van der Waals surface area contributed by atoms with Gasteiger partial charge in [0.25, 0.3) is 11.8 Å². The minimum atomic E-state index is -1.24. The molecule has 5 N–H and O–H groups in total. The van der Waals surface area contributed by atoms with Crippen LogP contribution < -0.4 is 15.6 Å². The van der Waals surface area contributed by atoms with Gasteiger partial charge in [0.05, 0.1) is 0 Å². The van der Waals surface area contributed by atoms with Crippen molar-refractivity contribution in [1.82, 2.24) is 15.2 Å². The van der Waals surface area contributed by atoms with E-state index in [1.807, 2.05) is 0 Å². The molecule has 0 saturated carbocycles. The van der Waals surface area contributed by atoms with E-state index in [4.69, 9.17) is 15.7 Å². The Hall–Kier alpha value is -3.98. The fraction of sp³-hybridized carbons (Fsp3) is 0.318. The van der Waals surface area contributed by atoms with Crippen LogP contribution in [0.1, 0.15) is 17.7 Å². The van der Waals surface area contributed by atoms with Crippen LogP contribution in [0.15, 0.2) is 46.3 Å². The second-order valence-electron chi connectivity index (χ2n) is 8.08. The van der Waals surface area contributed by atoms with Crippen molar-refractivity contribution in [2.24, 2.45) is 5.16 Å². The minimum Gasteiger partial charge on any atom is -0.481 e. The van der Waals surface area contributed by atoms with Gasteiger partial charge in [-0.25, -0.2) is 14.3 Å². The molecule has 4 heterocycles. The number of carbonyl (C=O) groups is 4. The average molecular weight is 548 g/mol. The van der Waals surface area contributed by atoms with Gasteiger partial charge < -0.3 is 26.1 Å². The van der Waals surface area contributed by atoms with Crippen LogP contribution in [-0.2, 0) is 37.0 Å². The van der Waals surface area contributed by atoms with E-state index in [1.165, 1.54) is 29.2 Å². The maximum atomic E-state index is 13.0. The molecule has 0 bridgehead atoms. The molecule has 4 rings (SSSR count). The third-order valence-corrected chi connectivity index (χ3v) is 7.67. The van der Waals surface area contributed by atoms with Crippen molar-refractivity contribution < 1.29 is 38.8 Å². The van der Waals surface area contributed by atoms with Gasteiger partial charge in [-0.05, 0) is 12.0 Å². The van der Waals surface area contributed by atoms with Gasteiger partial charge in [-0.2, -0.15) is 0 Å². The van der Waals surface area contributed by atoms with Crippen LogP contribution in [0.25, 0.3) is 0 Å². The van der Waals surface area contributed by atoms with Gasteiger partial charge in [0.15, 0.2) is 29.8 Å². The summed E-state index contributed by atoms with van der Waals surface area (Å²) in [5.74, 6) is -3.04. The number of hydrogen-bond acceptors (Lipinski definition) is 10. The molecule has 37 heavy (non-hydrogen) atoms. The van der Waals surface area contributed by atoms with Gasteiger partial charge in [0.2, 0.25) is 0 Å². The Balaban J connectivity index is 1.48. The molecule has 0 radical (unpaired) electrons. The number of nitrogens with two attached hydrogens (primary N) is 1. The largest absolute Gasteiger partial charge is 0.481 e. The standard InChI is InChI=1S/C22H22N6O7S2/c1-35-26-15(13-10-37-22(23)24-13)18(31)25-16-19(32)28-17(21(33)34)12(9-36-20(16)28)8-27-6-4-11(5-7-27)2-3-14(29)30/h4-7,10,16,20H,2-3,8-9H2,1H3,(H4-,23,24,25,29,30,31,33,34)/p+1/b26-15-/t16-,20-/m1/s1. The maximum absolute atomic E-state index is 13.0. The Morgan fingerprint density at radius 3 is 2.65 bits per heavy atom. The molecule has 2 amide bonds. The molecule has 194 valence electrons. The maximum Gasteiger partial charge on any atom is 0.352 e. The molecule has 2 aliphatic heterocycles. The number of carboxylic acid groups (broad SMARTS) is 2. The Morgan fingerprint density at radius 1 is 1.32 bits per heavy atom. The minimum absolute atomic E-state index is 0.0157. The Kier molecular flexibility index (Phi) is 7.73. The monoisotopic (exact) mass is 547 g/mol. The summed E-state index contributed by atoms with van der Waals surface area (Å²) >= 11 is 2.46. The van der Waals surface area contributed by atoms with Crippen molar-refractivity contribution in [3.05, 3.63) is 52.4 Å². The summed E-state index contributed by atoms with van der Waals surface area (Å²) in [5.41, 5.74) is 6.95. The lowest BCUT2D eigenvalue weighted by Gasteiger charge is -2.49. The van der Waals surface area contributed by atoms with Crippen LogP contribution in [0.2, 0.25) is 0 Å². The molecule has 0 unspecified atom stereocenters. The number of aryl methyl sites for hydroxylation is 1. The number of aromatic nitrogens is 2. The molecule has 2 aromatic heterocycles. The zero-order chi connectivity index (χ0) is 26.7. The fourth-order valence-electron chi connectivity index (χ4n) is 3.94. The first kappa shape index (κ1) is 26.1. The van der Waals surface area contributed by atoms with Gasteiger partial charge in [-0.3, -0.25) is 19.3 Å². The third-order valence-electron chi connectivity index (χ3n) is 5.66. The number of nitrogens with one attached hydrogen (secondary N) is 1. The van der Waals surface area contributed by atoms with E-state index in [-0.39, 0.29) is 35.2 Å². The van der Waals surface area contributed by atoms with E-state index in [1.54, 1.807) is 29.1 Å². The number of pyridine rings is 1. The number of carbonyl (C=O) groups excluding carboxylic acids is 2. The number of thiazole rings is 1. The van der Waals surface area contributed by atoms with Crippen molar-refractivity contribution >= 4 is 57.7 Å². The molecular weight excluding hydrogens is 524 g/mol. The first-order valence-electron chi connectivity index (χ1n) is 10.9. The molecule has 0 aromatic carbocycles. The number of oxime groups is 1. The number of anilines is 1. The Bertz CT molecular complexity index is 1310. The number of fused-ring (bicyclic) bond motifs is 1. The highest BCUT2D eigenvalue weighted by molar-refractivity contribution is 8.00. The molecule has 2 aromatic rings. The summed E-state index contributed by atoms with van der Waals surface area (Å²) in [6, 6.07) is 2.60. The lowest BCUT2D eigenvalue weighted by molar-refractivity contribution is -0.689. The van der Waals surface area contributed by atoms with Crippen LogP contribution in [-0.4, -0.2) is 73.8 Å². The van der Waals surface area contributed by atoms with Crippen LogP contribution >= 0.6 is 23.1 Å². The molecule has 2 atom stereocenters. The number of rotatable bonds is 10. The predicted molar refractivity (Wildman–Crippen MR) is 132 cm³/mol. The highest BCUT2D eigenvalue weighted by Crippen LogP contribution is 2.40. The summed E-state index contributed by atoms with van der Waals surface area (Å²) < 4.78 is 1.76. The van der Waals surface area contributed by atoms with Crippen LogP contribution in [0.5, 0.6) is 0 Å². The smallest absolute Gasteiger partial charge is 0.352 e. The molecule has 1 saturated heterocycles. The highest BCUT2D eigenvalue weighted by atomic mass is 32.2. The van der Waals surface area contributed by atoms with E-state index in [0.717, 1.165) is 16.9 Å². The molecule has 2 aliphatic rings.